The average molecular weight is 548 g/mol. The van der Waals surface area contributed by atoms with Crippen LogP contribution in [0.25, 0.3) is 0 Å². The summed E-state index contributed by atoms with van der Waals surface area (Å²) in [5.74, 6) is 0.524. The molecule has 10 heteroatoms. The van der Waals surface area contributed by atoms with Gasteiger partial charge in [-0.3, -0.25) is 9.59 Å². The van der Waals surface area contributed by atoms with Crippen molar-refractivity contribution in [3.63, 3.8) is 0 Å². The van der Waals surface area contributed by atoms with Crippen LogP contribution in [-0.4, -0.2) is 58.8 Å². The fraction of sp³-hybridized carbons (Fsp3) is 0.214. The lowest BCUT2D eigenvalue weighted by atomic mass is 10.1. The minimum Gasteiger partial charge on any atom is -0.416 e. The van der Waals surface area contributed by atoms with Gasteiger partial charge in [-0.15, -0.1) is 10.2 Å². The number of nitrogens with one attached hydrogen (secondary N) is 1. The van der Waals surface area contributed by atoms with E-state index in [4.69, 9.17) is 16.0 Å². The molecule has 0 saturated carbocycles. The monoisotopic (exact) mass is 547 g/mol. The first-order valence-corrected chi connectivity index (χ1v) is 13.6. The SMILES string of the molecule is O=C(CSc1nnc(Cc2ccccc2)o1)Nc1ccc(N2CCN(C(=O)c3cccc(Cl)c3)CC2)cc1. The number of thioether (sulfide) groups is 1. The van der Waals surface area contributed by atoms with Gasteiger partial charge in [-0.1, -0.05) is 59.8 Å². The Morgan fingerprint density at radius 3 is 2.42 bits per heavy atom. The van der Waals surface area contributed by atoms with Crippen molar-refractivity contribution in [3.05, 3.63) is 101 Å². The highest BCUT2D eigenvalue weighted by molar-refractivity contribution is 7.99. The van der Waals surface area contributed by atoms with Crippen molar-refractivity contribution in [2.75, 3.05) is 42.1 Å². The van der Waals surface area contributed by atoms with E-state index in [0.717, 1.165) is 24.3 Å². The Bertz CT molecular complexity index is 1390. The average Bonchev–Trinajstić information content (AvgIpc) is 3.40. The molecular weight excluding hydrogens is 522 g/mol. The highest BCUT2D eigenvalue weighted by atomic mass is 35.5. The fourth-order valence-corrected chi connectivity index (χ4v) is 4.96. The fourth-order valence-electron chi connectivity index (χ4n) is 4.19. The van der Waals surface area contributed by atoms with Gasteiger partial charge in [-0.25, -0.2) is 0 Å². The molecule has 0 unspecified atom stereocenters. The van der Waals surface area contributed by atoms with Gasteiger partial charge >= 0.3 is 0 Å². The predicted octanol–water partition coefficient (Wildman–Crippen LogP) is 5.01. The lowest BCUT2D eigenvalue weighted by molar-refractivity contribution is -0.113. The minimum atomic E-state index is -0.154. The Kier molecular flexibility index (Phi) is 8.25. The number of rotatable bonds is 8. The standard InChI is InChI=1S/C28H26ClN5O3S/c29-22-8-4-7-21(18-22)27(36)34-15-13-33(14-16-34)24-11-9-23(10-12-24)30-25(35)19-38-28-32-31-26(37-28)17-20-5-2-1-3-6-20/h1-12,18H,13-17,19H2,(H,30,35). The summed E-state index contributed by atoms with van der Waals surface area (Å²) in [5.41, 5.74) is 3.45. The molecule has 1 fully saturated rings. The quantitative estimate of drug-likeness (QED) is 0.310. The number of halogens is 1. The van der Waals surface area contributed by atoms with Gasteiger partial charge in [-0.2, -0.15) is 0 Å². The van der Waals surface area contributed by atoms with Crippen LogP contribution >= 0.6 is 23.4 Å². The number of piperazine rings is 1. The highest BCUT2D eigenvalue weighted by Crippen LogP contribution is 2.22. The molecule has 0 bridgehead atoms. The molecule has 1 aromatic heterocycles. The topological polar surface area (TPSA) is 91.6 Å². The number of nitrogens with zero attached hydrogens (tertiary/aromatic N) is 4. The minimum absolute atomic E-state index is 0.00368. The number of carbonyl (C=O) groups is 2. The zero-order valence-electron chi connectivity index (χ0n) is 20.5. The van der Waals surface area contributed by atoms with Gasteiger partial charge in [-0.05, 0) is 48.0 Å². The van der Waals surface area contributed by atoms with Crippen LogP contribution in [0.1, 0.15) is 21.8 Å². The molecular formula is C28H26ClN5O3S. The van der Waals surface area contributed by atoms with Crippen LogP contribution in [0.4, 0.5) is 11.4 Å². The van der Waals surface area contributed by atoms with E-state index in [1.54, 1.807) is 24.3 Å². The maximum absolute atomic E-state index is 12.8. The molecule has 1 saturated heterocycles. The van der Waals surface area contributed by atoms with E-state index in [9.17, 15) is 9.59 Å². The van der Waals surface area contributed by atoms with Gasteiger partial charge in [0.15, 0.2) is 0 Å². The summed E-state index contributed by atoms with van der Waals surface area (Å²) < 4.78 is 5.65. The molecule has 1 N–H and O–H groups in total. The third-order valence-electron chi connectivity index (χ3n) is 6.13. The number of anilines is 2. The number of carbonyl (C=O) groups excluding carboxylic acids is 2. The smallest absolute Gasteiger partial charge is 0.277 e. The second-order valence-electron chi connectivity index (χ2n) is 8.80. The highest BCUT2D eigenvalue weighted by Gasteiger charge is 2.22. The molecule has 1 aliphatic rings. The number of hydrogen-bond donors (Lipinski definition) is 1. The van der Waals surface area contributed by atoms with Gasteiger partial charge in [0, 0.05) is 48.1 Å². The van der Waals surface area contributed by atoms with E-state index in [1.165, 1.54) is 11.8 Å². The summed E-state index contributed by atoms with van der Waals surface area (Å²) in [7, 11) is 0. The largest absolute Gasteiger partial charge is 0.416 e. The van der Waals surface area contributed by atoms with Crippen LogP contribution in [0, 0.1) is 0 Å². The van der Waals surface area contributed by atoms with E-state index in [1.807, 2.05) is 59.5 Å². The van der Waals surface area contributed by atoms with Crippen LogP contribution < -0.4 is 10.2 Å². The molecule has 38 heavy (non-hydrogen) atoms. The third-order valence-corrected chi connectivity index (χ3v) is 7.18. The Morgan fingerprint density at radius 1 is 0.921 bits per heavy atom. The first kappa shape index (κ1) is 25.8. The molecule has 0 spiro atoms. The van der Waals surface area contributed by atoms with Crippen LogP contribution in [0.15, 0.2) is 88.5 Å². The lowest BCUT2D eigenvalue weighted by Gasteiger charge is -2.36. The zero-order chi connectivity index (χ0) is 26.3. The lowest BCUT2D eigenvalue weighted by Crippen LogP contribution is -2.48. The molecule has 8 nitrogen and oxygen atoms in total. The van der Waals surface area contributed by atoms with Crippen LogP contribution in [0.3, 0.4) is 0 Å². The molecule has 0 radical (unpaired) electrons. The number of aromatic nitrogens is 2. The van der Waals surface area contributed by atoms with Crippen LogP contribution in [0.5, 0.6) is 0 Å². The summed E-state index contributed by atoms with van der Waals surface area (Å²) in [5, 5.41) is 11.9. The summed E-state index contributed by atoms with van der Waals surface area (Å²) in [6.45, 7) is 2.71. The Morgan fingerprint density at radius 2 is 1.68 bits per heavy atom. The molecule has 3 aromatic carbocycles. The third kappa shape index (κ3) is 6.73. The second kappa shape index (κ2) is 12.1. The summed E-state index contributed by atoms with van der Waals surface area (Å²) in [6.07, 6.45) is 0.556. The Labute approximate surface area is 230 Å². The van der Waals surface area contributed by atoms with E-state index < -0.39 is 0 Å². The van der Waals surface area contributed by atoms with E-state index >= 15 is 0 Å². The van der Waals surface area contributed by atoms with Crippen molar-refractivity contribution in [2.45, 2.75) is 11.6 Å². The summed E-state index contributed by atoms with van der Waals surface area (Å²) in [4.78, 5) is 29.3. The first-order valence-electron chi connectivity index (χ1n) is 12.2. The van der Waals surface area contributed by atoms with Crippen LogP contribution in [-0.2, 0) is 11.2 Å². The normalized spacial score (nSPS) is 13.4. The molecule has 2 amide bonds. The first-order chi connectivity index (χ1) is 18.5. The summed E-state index contributed by atoms with van der Waals surface area (Å²) >= 11 is 7.24. The molecule has 5 rings (SSSR count). The predicted molar refractivity (Wildman–Crippen MR) is 149 cm³/mol. The number of hydrogen-bond acceptors (Lipinski definition) is 7. The van der Waals surface area contributed by atoms with Crippen LogP contribution in [0.2, 0.25) is 5.02 Å². The molecule has 194 valence electrons. The maximum Gasteiger partial charge on any atom is 0.277 e. The molecule has 0 atom stereocenters. The van der Waals surface area contributed by atoms with Gasteiger partial charge < -0.3 is 19.5 Å². The van der Waals surface area contributed by atoms with Crippen molar-refractivity contribution in [1.82, 2.24) is 15.1 Å². The number of benzene rings is 3. The molecule has 0 aliphatic carbocycles. The van der Waals surface area contributed by atoms with Gasteiger partial charge in [0.25, 0.3) is 11.1 Å². The van der Waals surface area contributed by atoms with Gasteiger partial charge in [0.05, 0.1) is 12.2 Å². The number of amides is 2. The van der Waals surface area contributed by atoms with Gasteiger partial charge in [0.2, 0.25) is 11.8 Å². The zero-order valence-corrected chi connectivity index (χ0v) is 22.1. The summed E-state index contributed by atoms with van der Waals surface area (Å²) in [6, 6.07) is 24.6. The van der Waals surface area contributed by atoms with E-state index in [2.05, 4.69) is 20.4 Å². The van der Waals surface area contributed by atoms with Crippen molar-refractivity contribution in [1.29, 1.82) is 0 Å². The maximum atomic E-state index is 12.8. The van der Waals surface area contributed by atoms with Crippen molar-refractivity contribution < 1.29 is 14.0 Å². The van der Waals surface area contributed by atoms with E-state index in [-0.39, 0.29) is 17.6 Å². The Hall–Kier alpha value is -3.82. The molecule has 2 heterocycles. The van der Waals surface area contributed by atoms with E-state index in [0.29, 0.717) is 46.9 Å². The van der Waals surface area contributed by atoms with Crippen molar-refractivity contribution in [2.24, 2.45) is 0 Å². The Balaban J connectivity index is 1.07. The second-order valence-corrected chi connectivity index (χ2v) is 10.2. The van der Waals surface area contributed by atoms with Crippen molar-refractivity contribution in [3.8, 4) is 0 Å². The molecule has 1 aliphatic heterocycles. The molecule has 4 aromatic rings. The van der Waals surface area contributed by atoms with Crippen molar-refractivity contribution >= 4 is 46.6 Å². The van der Waals surface area contributed by atoms with Gasteiger partial charge in [0.1, 0.15) is 0 Å².